The minimum Gasteiger partial charge on any atom is -0.472 e. The van der Waals surface area contributed by atoms with E-state index in [-0.39, 0.29) is 24.0 Å². The van der Waals surface area contributed by atoms with E-state index in [0.29, 0.717) is 10.9 Å². The lowest BCUT2D eigenvalue weighted by Gasteiger charge is -1.98. The summed E-state index contributed by atoms with van der Waals surface area (Å²) in [5.41, 5.74) is 5.31. The Morgan fingerprint density at radius 3 is 3.00 bits per heavy atom. The standard InChI is InChI=1S/C8H8N4O3S/c9-6(14)4-1-2-15-7(4)11-12-8-10-5(13)3-16-8/h1H,2-3H2,(H2,9,14)(H,10,12,13). The fourth-order valence-corrected chi connectivity index (χ4v) is 1.75. The van der Waals surface area contributed by atoms with Crippen LogP contribution in [0.2, 0.25) is 0 Å². The summed E-state index contributed by atoms with van der Waals surface area (Å²) in [5, 5.41) is 10.4. The van der Waals surface area contributed by atoms with Gasteiger partial charge in [0.2, 0.25) is 11.8 Å². The molecule has 0 unspecified atom stereocenters. The van der Waals surface area contributed by atoms with Gasteiger partial charge in [-0.2, -0.15) is 0 Å². The van der Waals surface area contributed by atoms with Crippen molar-refractivity contribution < 1.29 is 14.3 Å². The highest BCUT2D eigenvalue weighted by Crippen LogP contribution is 2.11. The molecule has 2 rings (SSSR count). The van der Waals surface area contributed by atoms with Crippen LogP contribution in [-0.4, -0.2) is 35.2 Å². The average Bonchev–Trinajstić information content (AvgIpc) is 2.83. The van der Waals surface area contributed by atoms with Crippen LogP contribution in [-0.2, 0) is 14.3 Å². The van der Waals surface area contributed by atoms with Crippen molar-refractivity contribution in [1.82, 2.24) is 5.32 Å². The van der Waals surface area contributed by atoms with E-state index in [1.807, 2.05) is 0 Å². The number of primary amides is 1. The fraction of sp³-hybridized carbons (Fsp3) is 0.250. The van der Waals surface area contributed by atoms with Crippen molar-refractivity contribution in [1.29, 1.82) is 0 Å². The van der Waals surface area contributed by atoms with Crippen LogP contribution in [0.25, 0.3) is 0 Å². The summed E-state index contributed by atoms with van der Waals surface area (Å²) in [6.07, 6.45) is 1.53. The minimum absolute atomic E-state index is 0.0850. The largest absolute Gasteiger partial charge is 0.472 e. The summed E-state index contributed by atoms with van der Waals surface area (Å²) < 4.78 is 5.04. The molecule has 0 aromatic rings. The lowest BCUT2D eigenvalue weighted by Crippen LogP contribution is -2.21. The number of ether oxygens (including phenoxy) is 1. The molecule has 0 aromatic heterocycles. The first-order valence-corrected chi connectivity index (χ1v) is 5.37. The second-order valence-electron chi connectivity index (χ2n) is 2.94. The molecule has 2 aliphatic heterocycles. The van der Waals surface area contributed by atoms with Gasteiger partial charge in [-0.15, -0.1) is 10.2 Å². The highest BCUT2D eigenvalue weighted by molar-refractivity contribution is 8.15. The predicted octanol–water partition coefficient (Wildman–Crippen LogP) is -1.04. The highest BCUT2D eigenvalue weighted by atomic mass is 32.2. The van der Waals surface area contributed by atoms with Crippen LogP contribution in [0.3, 0.4) is 0 Å². The molecule has 8 heteroatoms. The first kappa shape index (κ1) is 10.7. The van der Waals surface area contributed by atoms with Crippen LogP contribution in [0.4, 0.5) is 0 Å². The molecule has 0 radical (unpaired) electrons. The van der Waals surface area contributed by atoms with Crippen molar-refractivity contribution in [2.75, 3.05) is 12.4 Å². The van der Waals surface area contributed by atoms with Gasteiger partial charge in [0.1, 0.15) is 12.2 Å². The van der Waals surface area contributed by atoms with Gasteiger partial charge in [0, 0.05) is 0 Å². The number of amidine groups is 1. The second-order valence-corrected chi connectivity index (χ2v) is 3.90. The first-order valence-electron chi connectivity index (χ1n) is 4.38. The Bertz CT molecular complexity index is 441. The summed E-state index contributed by atoms with van der Waals surface area (Å²) in [4.78, 5) is 21.8. The Labute approximate surface area is 94.8 Å². The molecule has 0 saturated carbocycles. The molecule has 0 atom stereocenters. The first-order chi connectivity index (χ1) is 7.66. The van der Waals surface area contributed by atoms with Crippen molar-refractivity contribution in [2.45, 2.75) is 0 Å². The molecule has 2 amide bonds. The van der Waals surface area contributed by atoms with Crippen LogP contribution in [0, 0.1) is 0 Å². The molecule has 0 spiro atoms. The third kappa shape index (κ3) is 2.22. The average molecular weight is 240 g/mol. The number of carbonyl (C=O) groups excluding carboxylic acids is 2. The summed E-state index contributed by atoms with van der Waals surface area (Å²) in [6, 6.07) is 0. The van der Waals surface area contributed by atoms with Crippen LogP contribution in [0.1, 0.15) is 0 Å². The molecule has 2 aliphatic rings. The van der Waals surface area contributed by atoms with Gasteiger partial charge in [0.15, 0.2) is 5.17 Å². The SMILES string of the molecule is NC(=O)C1=CCOC1=NN=C1NC(=O)CS1. The predicted molar refractivity (Wildman–Crippen MR) is 58.7 cm³/mol. The third-order valence-electron chi connectivity index (χ3n) is 1.82. The number of rotatable bonds is 2. The monoisotopic (exact) mass is 240 g/mol. The number of nitrogens with two attached hydrogens (primary N) is 1. The third-order valence-corrected chi connectivity index (χ3v) is 2.69. The Morgan fingerprint density at radius 1 is 1.56 bits per heavy atom. The molecule has 84 valence electrons. The molecular formula is C8H8N4O3S. The van der Waals surface area contributed by atoms with E-state index in [2.05, 4.69) is 15.5 Å². The van der Waals surface area contributed by atoms with Gasteiger partial charge in [-0.1, -0.05) is 11.8 Å². The number of hydrogen-bond acceptors (Lipinski definition) is 6. The zero-order chi connectivity index (χ0) is 11.5. The van der Waals surface area contributed by atoms with Gasteiger partial charge >= 0.3 is 0 Å². The van der Waals surface area contributed by atoms with Gasteiger partial charge in [0.25, 0.3) is 5.91 Å². The van der Waals surface area contributed by atoms with Gasteiger partial charge in [-0.25, -0.2) is 0 Å². The summed E-state index contributed by atoms with van der Waals surface area (Å²) >= 11 is 1.23. The molecular weight excluding hydrogens is 232 g/mol. The van der Waals surface area contributed by atoms with Crippen LogP contribution in [0.15, 0.2) is 21.9 Å². The summed E-state index contributed by atoms with van der Waals surface area (Å²) in [7, 11) is 0. The van der Waals surface area contributed by atoms with Gasteiger partial charge in [-0.05, 0) is 6.08 Å². The van der Waals surface area contributed by atoms with Gasteiger partial charge in [0.05, 0.1) is 5.75 Å². The molecule has 1 saturated heterocycles. The number of hydrogen-bond donors (Lipinski definition) is 2. The van der Waals surface area contributed by atoms with Gasteiger partial charge in [-0.3, -0.25) is 9.59 Å². The van der Waals surface area contributed by atoms with Crippen molar-refractivity contribution in [2.24, 2.45) is 15.9 Å². The topological polar surface area (TPSA) is 106 Å². The van der Waals surface area contributed by atoms with E-state index in [4.69, 9.17) is 10.5 Å². The Hall–Kier alpha value is -1.83. The van der Waals surface area contributed by atoms with Crippen molar-refractivity contribution in [3.8, 4) is 0 Å². The van der Waals surface area contributed by atoms with E-state index in [1.165, 1.54) is 17.8 Å². The zero-order valence-electron chi connectivity index (χ0n) is 8.10. The fourth-order valence-electron chi connectivity index (χ4n) is 1.13. The lowest BCUT2D eigenvalue weighted by molar-refractivity contribution is -0.117. The lowest BCUT2D eigenvalue weighted by atomic mass is 10.2. The van der Waals surface area contributed by atoms with Crippen LogP contribution >= 0.6 is 11.8 Å². The van der Waals surface area contributed by atoms with Crippen molar-refractivity contribution >= 4 is 34.6 Å². The Morgan fingerprint density at radius 2 is 2.38 bits per heavy atom. The van der Waals surface area contributed by atoms with Crippen LogP contribution < -0.4 is 11.1 Å². The molecule has 0 aliphatic carbocycles. The maximum Gasteiger partial charge on any atom is 0.254 e. The highest BCUT2D eigenvalue weighted by Gasteiger charge is 2.21. The van der Waals surface area contributed by atoms with E-state index < -0.39 is 5.91 Å². The smallest absolute Gasteiger partial charge is 0.254 e. The van der Waals surface area contributed by atoms with E-state index in [0.717, 1.165) is 0 Å². The minimum atomic E-state index is -0.612. The molecule has 2 heterocycles. The maximum absolute atomic E-state index is 10.9. The molecule has 0 aromatic carbocycles. The number of thioether (sulfide) groups is 1. The number of amides is 2. The quantitative estimate of drug-likeness (QED) is 0.601. The van der Waals surface area contributed by atoms with E-state index in [1.54, 1.807) is 0 Å². The molecule has 7 nitrogen and oxygen atoms in total. The van der Waals surface area contributed by atoms with Crippen molar-refractivity contribution in [3.05, 3.63) is 11.6 Å². The second kappa shape index (κ2) is 4.35. The molecule has 0 bridgehead atoms. The number of carbonyl (C=O) groups is 2. The van der Waals surface area contributed by atoms with Gasteiger partial charge < -0.3 is 15.8 Å². The normalized spacial score (nSPS) is 24.5. The van der Waals surface area contributed by atoms with Crippen LogP contribution in [0.5, 0.6) is 0 Å². The Kier molecular flexibility index (Phi) is 2.91. The zero-order valence-corrected chi connectivity index (χ0v) is 8.91. The molecule has 1 fully saturated rings. The summed E-state index contributed by atoms with van der Waals surface area (Å²) in [6.45, 7) is 0.251. The van der Waals surface area contributed by atoms with E-state index >= 15 is 0 Å². The van der Waals surface area contributed by atoms with Crippen molar-refractivity contribution in [3.63, 3.8) is 0 Å². The Balaban J connectivity index is 2.11. The van der Waals surface area contributed by atoms with E-state index in [9.17, 15) is 9.59 Å². The molecule has 3 N–H and O–H groups in total. The molecule has 16 heavy (non-hydrogen) atoms. The summed E-state index contributed by atoms with van der Waals surface area (Å²) in [5.74, 6) is -0.327. The number of nitrogens with zero attached hydrogens (tertiary/aromatic N) is 2. The maximum atomic E-state index is 10.9. The number of nitrogens with one attached hydrogen (secondary N) is 1.